The first-order valence-electron chi connectivity index (χ1n) is 9.88. The number of nitrogens with one attached hydrogen (secondary N) is 1. The van der Waals surface area contributed by atoms with Gasteiger partial charge in [-0.15, -0.1) is 11.3 Å². The van der Waals surface area contributed by atoms with Crippen LogP contribution in [0.25, 0.3) is 16.5 Å². The van der Waals surface area contributed by atoms with Crippen molar-refractivity contribution in [1.29, 1.82) is 0 Å². The lowest BCUT2D eigenvalue weighted by molar-refractivity contribution is 0.0893. The number of nitrogens with zero attached hydrogens (tertiary/aromatic N) is 4. The fraction of sp³-hybridized carbons (Fsp3) is 0.429. The molecule has 29 heavy (non-hydrogen) atoms. The summed E-state index contributed by atoms with van der Waals surface area (Å²) in [6.45, 7) is 4.52. The van der Waals surface area contributed by atoms with Crippen LogP contribution in [0.15, 0.2) is 29.9 Å². The summed E-state index contributed by atoms with van der Waals surface area (Å²) in [6.07, 6.45) is 6.35. The van der Waals surface area contributed by atoms with Crippen LogP contribution < -0.4 is 5.32 Å². The highest BCUT2D eigenvalue weighted by molar-refractivity contribution is 7.13. The Kier molecular flexibility index (Phi) is 5.73. The van der Waals surface area contributed by atoms with Crippen molar-refractivity contribution in [3.8, 4) is 16.5 Å². The largest absolute Gasteiger partial charge is 0.383 e. The predicted molar refractivity (Wildman–Crippen MR) is 113 cm³/mol. The van der Waals surface area contributed by atoms with Crippen LogP contribution in [0.1, 0.15) is 53.7 Å². The minimum absolute atomic E-state index is 0.0241. The Hall–Kier alpha value is -2.58. The topological polar surface area (TPSA) is 81.9 Å². The molecular formula is C21H25N5O2S. The molecule has 0 saturated heterocycles. The number of ether oxygens (including phenoxy) is 1. The number of methoxy groups -OCH3 is 1. The highest BCUT2D eigenvalue weighted by Crippen LogP contribution is 2.42. The number of aromatic nitrogens is 4. The van der Waals surface area contributed by atoms with Gasteiger partial charge in [-0.3, -0.25) is 4.79 Å². The van der Waals surface area contributed by atoms with E-state index >= 15 is 0 Å². The summed E-state index contributed by atoms with van der Waals surface area (Å²) >= 11 is 1.65. The summed E-state index contributed by atoms with van der Waals surface area (Å²) in [5, 5.41) is 9.60. The van der Waals surface area contributed by atoms with E-state index in [0.29, 0.717) is 24.0 Å². The molecule has 1 saturated carbocycles. The van der Waals surface area contributed by atoms with Gasteiger partial charge in [0.15, 0.2) is 0 Å². The maximum Gasteiger partial charge on any atom is 0.255 e. The Morgan fingerprint density at radius 3 is 2.90 bits per heavy atom. The molecule has 1 fully saturated rings. The van der Waals surface area contributed by atoms with Gasteiger partial charge in [-0.05, 0) is 43.2 Å². The van der Waals surface area contributed by atoms with Crippen LogP contribution in [0.5, 0.6) is 0 Å². The van der Waals surface area contributed by atoms with Gasteiger partial charge in [0.1, 0.15) is 0 Å². The number of amides is 1. The van der Waals surface area contributed by atoms with E-state index in [1.54, 1.807) is 29.3 Å². The fourth-order valence-electron chi connectivity index (χ4n) is 3.37. The van der Waals surface area contributed by atoms with Gasteiger partial charge in [0, 0.05) is 19.2 Å². The second-order valence-electron chi connectivity index (χ2n) is 7.34. The zero-order valence-corrected chi connectivity index (χ0v) is 17.7. The molecular weight excluding hydrogens is 386 g/mol. The van der Waals surface area contributed by atoms with E-state index < -0.39 is 0 Å². The Balaban J connectivity index is 1.69. The second-order valence-corrected chi connectivity index (χ2v) is 8.29. The van der Waals surface area contributed by atoms with Gasteiger partial charge in [0.05, 0.1) is 40.7 Å². The van der Waals surface area contributed by atoms with Gasteiger partial charge < -0.3 is 10.1 Å². The van der Waals surface area contributed by atoms with Crippen LogP contribution >= 0.6 is 11.3 Å². The van der Waals surface area contributed by atoms with Crippen molar-refractivity contribution < 1.29 is 9.53 Å². The molecule has 1 amide bonds. The smallest absolute Gasteiger partial charge is 0.255 e. The van der Waals surface area contributed by atoms with E-state index in [1.165, 1.54) is 0 Å². The first-order chi connectivity index (χ1) is 14.1. The number of carbonyl (C=O) groups is 1. The summed E-state index contributed by atoms with van der Waals surface area (Å²) in [4.78, 5) is 23.3. The number of aryl methyl sites for hydroxylation is 1. The molecule has 0 bridgehead atoms. The van der Waals surface area contributed by atoms with Crippen LogP contribution in [-0.2, 0) is 4.74 Å². The van der Waals surface area contributed by atoms with Crippen LogP contribution in [0.3, 0.4) is 0 Å². The summed E-state index contributed by atoms with van der Waals surface area (Å²) in [6, 6.07) is 4.04. The zero-order valence-electron chi connectivity index (χ0n) is 16.9. The van der Waals surface area contributed by atoms with Crippen molar-refractivity contribution in [2.24, 2.45) is 0 Å². The minimum atomic E-state index is -0.118. The normalized spacial score (nSPS) is 14.7. The molecule has 1 aliphatic carbocycles. The third-order valence-electron chi connectivity index (χ3n) is 5.11. The predicted octanol–water partition coefficient (Wildman–Crippen LogP) is 3.73. The lowest BCUT2D eigenvalue weighted by atomic mass is 10.1. The van der Waals surface area contributed by atoms with Gasteiger partial charge in [-0.2, -0.15) is 5.10 Å². The van der Waals surface area contributed by atoms with E-state index in [2.05, 4.69) is 15.4 Å². The molecule has 1 N–H and O–H groups in total. The Morgan fingerprint density at radius 2 is 2.24 bits per heavy atom. The molecule has 3 heterocycles. The maximum absolute atomic E-state index is 12.9. The summed E-state index contributed by atoms with van der Waals surface area (Å²) in [5.74, 6) is 0.701. The van der Waals surface area contributed by atoms with E-state index in [1.807, 2.05) is 37.6 Å². The van der Waals surface area contributed by atoms with Gasteiger partial charge in [-0.25, -0.2) is 14.6 Å². The maximum atomic E-state index is 12.9. The first kappa shape index (κ1) is 19.7. The second kappa shape index (κ2) is 8.42. The number of carbonyl (C=O) groups excluding carboxylic acids is 1. The molecule has 4 rings (SSSR count). The van der Waals surface area contributed by atoms with Crippen molar-refractivity contribution in [3.05, 3.63) is 46.7 Å². The molecule has 0 spiro atoms. The van der Waals surface area contributed by atoms with E-state index in [9.17, 15) is 4.79 Å². The van der Waals surface area contributed by atoms with Gasteiger partial charge in [0.2, 0.25) is 0 Å². The number of hydrogen-bond donors (Lipinski definition) is 1. The summed E-state index contributed by atoms with van der Waals surface area (Å²) in [7, 11) is 1.64. The molecule has 1 aliphatic rings. The van der Waals surface area contributed by atoms with Crippen LogP contribution in [0.2, 0.25) is 0 Å². The molecule has 8 heteroatoms. The number of thiophene rings is 1. The molecule has 3 aromatic rings. The third kappa shape index (κ3) is 4.09. The molecule has 0 aliphatic heterocycles. The highest BCUT2D eigenvalue weighted by Gasteiger charge is 2.34. The SMILES string of the molecule is CC[C@@H](COC)NC(=O)c1cnn(-c2ncc(C)c(-c3cccs3)n2)c1C1CC1. The van der Waals surface area contributed by atoms with Crippen molar-refractivity contribution in [3.63, 3.8) is 0 Å². The third-order valence-corrected chi connectivity index (χ3v) is 5.99. The quantitative estimate of drug-likeness (QED) is 0.611. The zero-order chi connectivity index (χ0) is 20.4. The number of rotatable bonds is 8. The molecule has 1 atom stereocenters. The van der Waals surface area contributed by atoms with Gasteiger partial charge >= 0.3 is 0 Å². The van der Waals surface area contributed by atoms with Crippen molar-refractivity contribution in [2.75, 3.05) is 13.7 Å². The number of hydrogen-bond acceptors (Lipinski definition) is 6. The van der Waals surface area contributed by atoms with Crippen LogP contribution in [0.4, 0.5) is 0 Å². The van der Waals surface area contributed by atoms with Crippen LogP contribution in [-0.4, -0.2) is 45.4 Å². The van der Waals surface area contributed by atoms with E-state index in [4.69, 9.17) is 9.72 Å². The lowest BCUT2D eigenvalue weighted by Gasteiger charge is -2.16. The van der Waals surface area contributed by atoms with Crippen molar-refractivity contribution in [1.82, 2.24) is 25.1 Å². The summed E-state index contributed by atoms with van der Waals surface area (Å²) in [5.41, 5.74) is 3.42. The lowest BCUT2D eigenvalue weighted by Crippen LogP contribution is -2.37. The average molecular weight is 412 g/mol. The molecule has 152 valence electrons. The van der Waals surface area contributed by atoms with Gasteiger partial charge in [0.25, 0.3) is 11.9 Å². The Bertz CT molecular complexity index is 995. The minimum Gasteiger partial charge on any atom is -0.383 e. The molecule has 7 nitrogen and oxygen atoms in total. The Labute approximate surface area is 174 Å². The van der Waals surface area contributed by atoms with Crippen molar-refractivity contribution >= 4 is 17.2 Å². The molecule has 0 aromatic carbocycles. The first-order valence-corrected chi connectivity index (χ1v) is 10.8. The van der Waals surface area contributed by atoms with E-state index in [0.717, 1.165) is 41.1 Å². The molecule has 0 unspecified atom stereocenters. The summed E-state index contributed by atoms with van der Waals surface area (Å²) < 4.78 is 6.94. The standard InChI is InChI=1S/C21H25N5O2S/c1-4-15(12-28-3)24-20(27)16-11-23-26(19(16)14-7-8-14)21-22-10-13(2)18(25-21)17-6-5-9-29-17/h5-6,9-11,14-15H,4,7-8,12H2,1-3H3,(H,24,27)/t15-/m0/s1. The average Bonchev–Trinajstić information content (AvgIpc) is 3.24. The van der Waals surface area contributed by atoms with Crippen LogP contribution in [0, 0.1) is 6.92 Å². The van der Waals surface area contributed by atoms with E-state index in [-0.39, 0.29) is 11.9 Å². The molecule has 3 aromatic heterocycles. The monoisotopic (exact) mass is 411 g/mol. The molecule has 0 radical (unpaired) electrons. The fourth-order valence-corrected chi connectivity index (χ4v) is 4.14. The van der Waals surface area contributed by atoms with Crippen molar-refractivity contribution in [2.45, 2.75) is 45.1 Å². The van der Waals surface area contributed by atoms with Gasteiger partial charge in [-0.1, -0.05) is 13.0 Å². The Morgan fingerprint density at radius 1 is 1.41 bits per heavy atom. The highest BCUT2D eigenvalue weighted by atomic mass is 32.1.